The molecule has 0 heterocycles. The highest BCUT2D eigenvalue weighted by Gasteiger charge is 2.35. The SMILES string of the molecule is CC(=O)NC(CC(=O)N(C(C)C)C1CC1)c1ccccc1. The highest BCUT2D eigenvalue weighted by molar-refractivity contribution is 5.80. The van der Waals surface area contributed by atoms with E-state index in [9.17, 15) is 9.59 Å². The van der Waals surface area contributed by atoms with Gasteiger partial charge in [0.05, 0.1) is 12.5 Å². The van der Waals surface area contributed by atoms with Crippen LogP contribution in [0.5, 0.6) is 0 Å². The number of benzene rings is 1. The lowest BCUT2D eigenvalue weighted by molar-refractivity contribution is -0.134. The Balaban J connectivity index is 2.10. The van der Waals surface area contributed by atoms with Crippen molar-refractivity contribution in [2.75, 3.05) is 0 Å². The van der Waals surface area contributed by atoms with Crippen LogP contribution in [-0.2, 0) is 9.59 Å². The fraction of sp³-hybridized carbons (Fsp3) is 0.529. The smallest absolute Gasteiger partial charge is 0.225 e. The van der Waals surface area contributed by atoms with E-state index in [4.69, 9.17) is 0 Å². The van der Waals surface area contributed by atoms with E-state index in [2.05, 4.69) is 5.32 Å². The topological polar surface area (TPSA) is 49.4 Å². The predicted octanol–water partition coefficient (Wildman–Crippen LogP) is 2.65. The van der Waals surface area contributed by atoms with Crippen molar-refractivity contribution in [3.63, 3.8) is 0 Å². The molecule has 1 aromatic carbocycles. The summed E-state index contributed by atoms with van der Waals surface area (Å²) >= 11 is 0. The second kappa shape index (κ2) is 6.74. The zero-order valence-corrected chi connectivity index (χ0v) is 13.0. The van der Waals surface area contributed by atoms with E-state index >= 15 is 0 Å². The van der Waals surface area contributed by atoms with Gasteiger partial charge >= 0.3 is 0 Å². The van der Waals surface area contributed by atoms with E-state index in [1.807, 2.05) is 49.1 Å². The first-order valence-electron chi connectivity index (χ1n) is 7.62. The van der Waals surface area contributed by atoms with E-state index < -0.39 is 0 Å². The Labute approximate surface area is 126 Å². The van der Waals surface area contributed by atoms with Gasteiger partial charge in [0.25, 0.3) is 0 Å². The molecule has 1 N–H and O–H groups in total. The van der Waals surface area contributed by atoms with Crippen molar-refractivity contribution in [1.82, 2.24) is 10.2 Å². The Hall–Kier alpha value is -1.84. The highest BCUT2D eigenvalue weighted by Crippen LogP contribution is 2.30. The molecule has 4 heteroatoms. The lowest BCUT2D eigenvalue weighted by atomic mass is 10.0. The molecular weight excluding hydrogens is 264 g/mol. The summed E-state index contributed by atoms with van der Waals surface area (Å²) in [6.45, 7) is 5.58. The van der Waals surface area contributed by atoms with Crippen molar-refractivity contribution in [2.45, 2.75) is 58.2 Å². The molecule has 0 aliphatic heterocycles. The summed E-state index contributed by atoms with van der Waals surface area (Å²) in [5.74, 6) is 0.00859. The lowest BCUT2D eigenvalue weighted by Gasteiger charge is -2.29. The number of carbonyl (C=O) groups is 2. The molecule has 0 radical (unpaired) electrons. The van der Waals surface area contributed by atoms with Crippen LogP contribution in [0.3, 0.4) is 0 Å². The van der Waals surface area contributed by atoms with Gasteiger partial charge in [-0.3, -0.25) is 9.59 Å². The van der Waals surface area contributed by atoms with Crippen LogP contribution < -0.4 is 5.32 Å². The van der Waals surface area contributed by atoms with Crippen molar-refractivity contribution in [3.8, 4) is 0 Å². The Kier molecular flexibility index (Phi) is 4.99. The van der Waals surface area contributed by atoms with E-state index in [0.29, 0.717) is 12.5 Å². The predicted molar refractivity (Wildman–Crippen MR) is 82.6 cm³/mol. The minimum absolute atomic E-state index is 0.112. The van der Waals surface area contributed by atoms with Crippen molar-refractivity contribution in [1.29, 1.82) is 0 Å². The molecule has 21 heavy (non-hydrogen) atoms. The number of nitrogens with zero attached hydrogens (tertiary/aromatic N) is 1. The number of hydrogen-bond acceptors (Lipinski definition) is 2. The number of carbonyl (C=O) groups excluding carboxylic acids is 2. The zero-order chi connectivity index (χ0) is 15.4. The fourth-order valence-electron chi connectivity index (χ4n) is 2.73. The first kappa shape index (κ1) is 15.5. The molecule has 1 saturated carbocycles. The van der Waals surface area contributed by atoms with Gasteiger partial charge in [-0.2, -0.15) is 0 Å². The molecule has 2 amide bonds. The minimum atomic E-state index is -0.254. The number of hydrogen-bond donors (Lipinski definition) is 1. The van der Waals surface area contributed by atoms with Crippen LogP contribution in [0.4, 0.5) is 0 Å². The Morgan fingerprint density at radius 2 is 1.86 bits per heavy atom. The van der Waals surface area contributed by atoms with E-state index in [-0.39, 0.29) is 23.9 Å². The summed E-state index contributed by atoms with van der Waals surface area (Å²) in [4.78, 5) is 26.0. The van der Waals surface area contributed by atoms with Crippen LogP contribution in [0, 0.1) is 0 Å². The average Bonchev–Trinajstić information content (AvgIpc) is 3.22. The number of nitrogens with one attached hydrogen (secondary N) is 1. The second-order valence-electron chi connectivity index (χ2n) is 5.99. The van der Waals surface area contributed by atoms with Gasteiger partial charge in [0.2, 0.25) is 11.8 Å². The third-order valence-electron chi connectivity index (χ3n) is 3.74. The molecule has 0 aromatic heterocycles. The molecule has 1 aromatic rings. The van der Waals surface area contributed by atoms with Gasteiger partial charge in [-0.15, -0.1) is 0 Å². The summed E-state index contributed by atoms with van der Waals surface area (Å²) in [5, 5.41) is 2.89. The Morgan fingerprint density at radius 3 is 2.33 bits per heavy atom. The van der Waals surface area contributed by atoms with E-state index in [0.717, 1.165) is 18.4 Å². The summed E-state index contributed by atoms with van der Waals surface area (Å²) in [6, 6.07) is 10.0. The monoisotopic (exact) mass is 288 g/mol. The van der Waals surface area contributed by atoms with Gasteiger partial charge in [0.15, 0.2) is 0 Å². The largest absolute Gasteiger partial charge is 0.349 e. The molecule has 2 rings (SSSR count). The molecule has 114 valence electrons. The van der Waals surface area contributed by atoms with Gasteiger partial charge < -0.3 is 10.2 Å². The summed E-state index contributed by atoms with van der Waals surface area (Å²) in [7, 11) is 0. The number of amides is 2. The standard InChI is InChI=1S/C17H24N2O2/c1-12(2)19(15-9-10-15)17(21)11-16(18-13(3)20)14-7-5-4-6-8-14/h4-8,12,15-16H,9-11H2,1-3H3,(H,18,20). The van der Waals surface area contributed by atoms with Crippen LogP contribution in [0.1, 0.15) is 51.6 Å². The molecular formula is C17H24N2O2. The summed E-state index contributed by atoms with van der Waals surface area (Å²) in [5.41, 5.74) is 0.973. The maximum atomic E-state index is 12.6. The molecule has 0 bridgehead atoms. The molecule has 1 fully saturated rings. The first-order chi connectivity index (χ1) is 9.99. The maximum Gasteiger partial charge on any atom is 0.225 e. The Bertz CT molecular complexity index is 493. The van der Waals surface area contributed by atoms with E-state index in [1.54, 1.807) is 0 Å². The van der Waals surface area contributed by atoms with Crippen LogP contribution >= 0.6 is 0 Å². The van der Waals surface area contributed by atoms with Gasteiger partial charge in [-0.1, -0.05) is 30.3 Å². The van der Waals surface area contributed by atoms with Crippen molar-refractivity contribution in [2.24, 2.45) is 0 Å². The van der Waals surface area contributed by atoms with Crippen molar-refractivity contribution in [3.05, 3.63) is 35.9 Å². The molecule has 1 unspecified atom stereocenters. The van der Waals surface area contributed by atoms with Crippen LogP contribution in [0.15, 0.2) is 30.3 Å². The van der Waals surface area contributed by atoms with Crippen LogP contribution in [0.25, 0.3) is 0 Å². The van der Waals surface area contributed by atoms with Gasteiger partial charge in [-0.05, 0) is 32.3 Å². The third kappa shape index (κ3) is 4.31. The lowest BCUT2D eigenvalue weighted by Crippen LogP contribution is -2.41. The van der Waals surface area contributed by atoms with Crippen molar-refractivity contribution >= 4 is 11.8 Å². The average molecular weight is 288 g/mol. The van der Waals surface area contributed by atoms with Gasteiger partial charge in [0.1, 0.15) is 0 Å². The molecule has 4 nitrogen and oxygen atoms in total. The summed E-state index contributed by atoms with van der Waals surface area (Å²) in [6.07, 6.45) is 2.51. The van der Waals surface area contributed by atoms with Gasteiger partial charge in [-0.25, -0.2) is 0 Å². The maximum absolute atomic E-state index is 12.6. The fourth-order valence-corrected chi connectivity index (χ4v) is 2.73. The van der Waals surface area contributed by atoms with Crippen LogP contribution in [-0.4, -0.2) is 28.8 Å². The van der Waals surface area contributed by atoms with Gasteiger partial charge in [0, 0.05) is 19.0 Å². The molecule has 1 aliphatic rings. The van der Waals surface area contributed by atoms with Crippen LogP contribution in [0.2, 0.25) is 0 Å². The molecule has 0 spiro atoms. The molecule has 0 saturated heterocycles. The first-order valence-corrected chi connectivity index (χ1v) is 7.62. The molecule has 1 aliphatic carbocycles. The van der Waals surface area contributed by atoms with Crippen molar-refractivity contribution < 1.29 is 9.59 Å². The highest BCUT2D eigenvalue weighted by atomic mass is 16.2. The minimum Gasteiger partial charge on any atom is -0.349 e. The van der Waals surface area contributed by atoms with E-state index in [1.165, 1.54) is 6.92 Å². The third-order valence-corrected chi connectivity index (χ3v) is 3.74. The quantitative estimate of drug-likeness (QED) is 0.875. The normalized spacial score (nSPS) is 15.6. The second-order valence-corrected chi connectivity index (χ2v) is 5.99. The summed E-state index contributed by atoms with van der Waals surface area (Å²) < 4.78 is 0. The Morgan fingerprint density at radius 1 is 1.24 bits per heavy atom. The number of rotatable bonds is 6. The zero-order valence-electron chi connectivity index (χ0n) is 13.0. The molecule has 1 atom stereocenters.